The third-order valence-electron chi connectivity index (χ3n) is 1.64. The summed E-state index contributed by atoms with van der Waals surface area (Å²) in [7, 11) is 0. The molecule has 1 atom stereocenters. The Morgan fingerprint density at radius 2 is 2.31 bits per heavy atom. The molecule has 1 heterocycles. The SMILES string of the molecule is C=C(C)C[C@@H](N)c1ccccn1.Cl. The smallest absolute Gasteiger partial charge is 0.0574 e. The largest absolute Gasteiger partial charge is 0.322 e. The standard InChI is InChI=1S/C10H14N2.ClH/c1-8(2)7-9(11)10-5-3-4-6-12-10;/h3-6,9H,1,7,11H2,2H3;1H/t9-;/m1./s1. The Labute approximate surface area is 85.3 Å². The maximum Gasteiger partial charge on any atom is 0.0574 e. The number of rotatable bonds is 3. The van der Waals surface area contributed by atoms with Crippen LogP contribution in [0.2, 0.25) is 0 Å². The molecule has 0 aliphatic rings. The van der Waals surface area contributed by atoms with Gasteiger partial charge in [-0.05, 0) is 25.5 Å². The average Bonchev–Trinajstić information content (AvgIpc) is 2.05. The molecule has 0 bridgehead atoms. The topological polar surface area (TPSA) is 38.9 Å². The molecule has 2 nitrogen and oxygen atoms in total. The molecule has 1 rings (SSSR count). The number of hydrogen-bond acceptors (Lipinski definition) is 2. The molecule has 0 spiro atoms. The summed E-state index contributed by atoms with van der Waals surface area (Å²) in [5.41, 5.74) is 7.89. The quantitative estimate of drug-likeness (QED) is 0.758. The molecule has 0 saturated carbocycles. The lowest BCUT2D eigenvalue weighted by molar-refractivity contribution is 0.692. The van der Waals surface area contributed by atoms with E-state index in [0.717, 1.165) is 17.7 Å². The van der Waals surface area contributed by atoms with Crippen molar-refractivity contribution in [2.24, 2.45) is 5.73 Å². The van der Waals surface area contributed by atoms with Crippen molar-refractivity contribution in [3.63, 3.8) is 0 Å². The van der Waals surface area contributed by atoms with Crippen LogP contribution in [0.3, 0.4) is 0 Å². The van der Waals surface area contributed by atoms with Gasteiger partial charge in [-0.15, -0.1) is 19.0 Å². The Morgan fingerprint density at radius 1 is 1.62 bits per heavy atom. The fraction of sp³-hybridized carbons (Fsp3) is 0.300. The molecule has 13 heavy (non-hydrogen) atoms. The first-order valence-electron chi connectivity index (χ1n) is 4.01. The van der Waals surface area contributed by atoms with E-state index in [1.165, 1.54) is 0 Å². The molecule has 0 radical (unpaired) electrons. The van der Waals surface area contributed by atoms with Gasteiger partial charge in [0.2, 0.25) is 0 Å². The lowest BCUT2D eigenvalue weighted by Gasteiger charge is -2.09. The minimum atomic E-state index is -0.0105. The molecule has 0 aliphatic heterocycles. The monoisotopic (exact) mass is 198 g/mol. The van der Waals surface area contributed by atoms with Crippen molar-refractivity contribution in [2.45, 2.75) is 19.4 Å². The highest BCUT2D eigenvalue weighted by Gasteiger charge is 2.05. The van der Waals surface area contributed by atoms with E-state index in [4.69, 9.17) is 5.73 Å². The van der Waals surface area contributed by atoms with Crippen LogP contribution in [-0.2, 0) is 0 Å². The predicted octanol–water partition coefficient (Wildman–Crippen LogP) is 2.47. The van der Waals surface area contributed by atoms with Crippen LogP contribution in [0.5, 0.6) is 0 Å². The summed E-state index contributed by atoms with van der Waals surface area (Å²) in [6, 6.07) is 5.76. The predicted molar refractivity (Wildman–Crippen MR) is 57.8 cm³/mol. The van der Waals surface area contributed by atoms with Crippen molar-refractivity contribution >= 4 is 12.4 Å². The van der Waals surface area contributed by atoms with Gasteiger partial charge in [0.05, 0.1) is 11.7 Å². The molecule has 3 heteroatoms. The van der Waals surface area contributed by atoms with Crippen molar-refractivity contribution in [1.29, 1.82) is 0 Å². The highest BCUT2D eigenvalue weighted by Crippen LogP contribution is 2.14. The van der Waals surface area contributed by atoms with Gasteiger partial charge in [0.25, 0.3) is 0 Å². The molecule has 0 aliphatic carbocycles. The zero-order valence-corrected chi connectivity index (χ0v) is 8.55. The Morgan fingerprint density at radius 3 is 2.77 bits per heavy atom. The molecule has 0 amide bonds. The van der Waals surface area contributed by atoms with Gasteiger partial charge >= 0.3 is 0 Å². The normalized spacial score (nSPS) is 11.5. The van der Waals surface area contributed by atoms with Gasteiger partial charge in [-0.25, -0.2) is 0 Å². The molecule has 0 aromatic carbocycles. The van der Waals surface area contributed by atoms with Gasteiger partial charge in [-0.1, -0.05) is 11.6 Å². The second-order valence-corrected chi connectivity index (χ2v) is 3.02. The Bertz CT molecular complexity index is 259. The molecule has 1 aromatic rings. The first kappa shape index (κ1) is 12.1. The number of pyridine rings is 1. The number of nitrogens with zero attached hydrogens (tertiary/aromatic N) is 1. The molecule has 72 valence electrons. The Balaban J connectivity index is 0.00000144. The van der Waals surface area contributed by atoms with Gasteiger partial charge in [0.15, 0.2) is 0 Å². The first-order valence-corrected chi connectivity index (χ1v) is 4.01. The van der Waals surface area contributed by atoms with E-state index >= 15 is 0 Å². The van der Waals surface area contributed by atoms with Crippen LogP contribution in [-0.4, -0.2) is 4.98 Å². The molecule has 0 fully saturated rings. The zero-order chi connectivity index (χ0) is 8.97. The number of halogens is 1. The van der Waals surface area contributed by atoms with Gasteiger partial charge in [-0.3, -0.25) is 4.98 Å². The van der Waals surface area contributed by atoms with E-state index in [1.54, 1.807) is 6.20 Å². The zero-order valence-electron chi connectivity index (χ0n) is 7.73. The van der Waals surface area contributed by atoms with E-state index < -0.39 is 0 Å². The maximum atomic E-state index is 5.87. The fourth-order valence-electron chi connectivity index (χ4n) is 1.08. The van der Waals surface area contributed by atoms with Gasteiger partial charge in [0.1, 0.15) is 0 Å². The van der Waals surface area contributed by atoms with Crippen molar-refractivity contribution in [3.8, 4) is 0 Å². The van der Waals surface area contributed by atoms with E-state index in [2.05, 4.69) is 11.6 Å². The van der Waals surface area contributed by atoms with E-state index in [-0.39, 0.29) is 18.4 Å². The molecular weight excluding hydrogens is 184 g/mol. The highest BCUT2D eigenvalue weighted by molar-refractivity contribution is 5.85. The average molecular weight is 199 g/mol. The van der Waals surface area contributed by atoms with Crippen molar-refractivity contribution in [3.05, 3.63) is 42.2 Å². The molecule has 1 aromatic heterocycles. The second-order valence-electron chi connectivity index (χ2n) is 3.02. The summed E-state index contributed by atoms with van der Waals surface area (Å²) in [5.74, 6) is 0. The van der Waals surface area contributed by atoms with E-state index in [1.807, 2.05) is 25.1 Å². The first-order chi connectivity index (χ1) is 5.70. The fourth-order valence-corrected chi connectivity index (χ4v) is 1.08. The lowest BCUT2D eigenvalue weighted by atomic mass is 10.1. The maximum absolute atomic E-state index is 5.87. The summed E-state index contributed by atoms with van der Waals surface area (Å²) in [4.78, 5) is 4.17. The number of hydrogen-bond donors (Lipinski definition) is 1. The van der Waals surface area contributed by atoms with Crippen LogP contribution >= 0.6 is 12.4 Å². The highest BCUT2D eigenvalue weighted by atomic mass is 35.5. The third kappa shape index (κ3) is 4.06. The van der Waals surface area contributed by atoms with E-state index in [9.17, 15) is 0 Å². The summed E-state index contributed by atoms with van der Waals surface area (Å²) >= 11 is 0. The van der Waals surface area contributed by atoms with Crippen molar-refractivity contribution in [1.82, 2.24) is 4.98 Å². The molecule has 2 N–H and O–H groups in total. The Hall–Kier alpha value is -0.860. The second kappa shape index (κ2) is 5.73. The van der Waals surface area contributed by atoms with Crippen LogP contribution in [0.25, 0.3) is 0 Å². The van der Waals surface area contributed by atoms with Crippen molar-refractivity contribution < 1.29 is 0 Å². The van der Waals surface area contributed by atoms with Gasteiger partial charge < -0.3 is 5.73 Å². The van der Waals surface area contributed by atoms with Gasteiger partial charge in [-0.2, -0.15) is 0 Å². The van der Waals surface area contributed by atoms with Gasteiger partial charge in [0, 0.05) is 6.20 Å². The van der Waals surface area contributed by atoms with Crippen LogP contribution < -0.4 is 5.73 Å². The van der Waals surface area contributed by atoms with Crippen LogP contribution in [0, 0.1) is 0 Å². The molecular formula is C10H15ClN2. The number of aromatic nitrogens is 1. The summed E-state index contributed by atoms with van der Waals surface area (Å²) in [6.07, 6.45) is 2.56. The van der Waals surface area contributed by atoms with E-state index in [0.29, 0.717) is 0 Å². The Kier molecular flexibility index (Phi) is 5.35. The third-order valence-corrected chi connectivity index (χ3v) is 1.64. The molecule has 0 unspecified atom stereocenters. The van der Waals surface area contributed by atoms with Crippen molar-refractivity contribution in [2.75, 3.05) is 0 Å². The van der Waals surface area contributed by atoms with Crippen LogP contribution in [0.15, 0.2) is 36.5 Å². The minimum absolute atomic E-state index is 0. The summed E-state index contributed by atoms with van der Waals surface area (Å²) < 4.78 is 0. The minimum Gasteiger partial charge on any atom is -0.322 e. The number of nitrogens with two attached hydrogens (primary N) is 1. The van der Waals surface area contributed by atoms with Crippen LogP contribution in [0.4, 0.5) is 0 Å². The van der Waals surface area contributed by atoms with Crippen LogP contribution in [0.1, 0.15) is 25.1 Å². The molecule has 0 saturated heterocycles. The lowest BCUT2D eigenvalue weighted by Crippen LogP contribution is -2.11. The summed E-state index contributed by atoms with van der Waals surface area (Å²) in [5, 5.41) is 0. The summed E-state index contributed by atoms with van der Waals surface area (Å²) in [6.45, 7) is 5.79.